The second-order valence-corrected chi connectivity index (χ2v) is 4.90. The maximum atomic E-state index is 11.3. The van der Waals surface area contributed by atoms with Gasteiger partial charge in [-0.2, -0.15) is 0 Å². The van der Waals surface area contributed by atoms with Gasteiger partial charge in [-0.05, 0) is 30.7 Å². The standard InChI is InChI=1S/C14H17NO4/c16-13(17)11-7-6-10(12(15-11)14(18)19)8-9-4-2-1-3-5-9/h1-5,10-12,15H,6-8H2,(H,16,17)(H,18,19). The van der Waals surface area contributed by atoms with Gasteiger partial charge in [-0.25, -0.2) is 0 Å². The highest BCUT2D eigenvalue weighted by molar-refractivity contribution is 5.78. The normalized spacial score (nSPS) is 26.8. The molecule has 3 atom stereocenters. The molecule has 1 fully saturated rings. The highest BCUT2D eigenvalue weighted by atomic mass is 16.4. The van der Waals surface area contributed by atoms with Gasteiger partial charge < -0.3 is 10.2 Å². The Kier molecular flexibility index (Phi) is 4.16. The van der Waals surface area contributed by atoms with Crippen LogP contribution in [0.4, 0.5) is 0 Å². The fourth-order valence-corrected chi connectivity index (χ4v) is 2.59. The summed E-state index contributed by atoms with van der Waals surface area (Å²) in [7, 11) is 0. The molecule has 5 nitrogen and oxygen atoms in total. The number of hydrogen-bond donors (Lipinski definition) is 3. The smallest absolute Gasteiger partial charge is 0.321 e. The number of carbonyl (C=O) groups is 2. The second-order valence-electron chi connectivity index (χ2n) is 4.90. The molecule has 2 rings (SSSR count). The number of aliphatic carboxylic acids is 2. The number of hydrogen-bond acceptors (Lipinski definition) is 3. The fourth-order valence-electron chi connectivity index (χ4n) is 2.59. The van der Waals surface area contributed by atoms with Crippen molar-refractivity contribution in [3.05, 3.63) is 35.9 Å². The third kappa shape index (κ3) is 3.32. The first-order chi connectivity index (χ1) is 9.08. The molecular formula is C14H17NO4. The number of carboxylic acids is 2. The predicted octanol–water partition coefficient (Wildman–Crippen LogP) is 1.14. The van der Waals surface area contributed by atoms with Crippen molar-refractivity contribution in [2.75, 3.05) is 0 Å². The molecule has 3 N–H and O–H groups in total. The summed E-state index contributed by atoms with van der Waals surface area (Å²) in [4.78, 5) is 22.2. The Labute approximate surface area is 111 Å². The van der Waals surface area contributed by atoms with E-state index in [2.05, 4.69) is 5.32 Å². The van der Waals surface area contributed by atoms with E-state index in [9.17, 15) is 14.7 Å². The largest absolute Gasteiger partial charge is 0.480 e. The second kappa shape index (κ2) is 5.84. The molecule has 0 saturated carbocycles. The van der Waals surface area contributed by atoms with Crippen molar-refractivity contribution in [2.24, 2.45) is 5.92 Å². The van der Waals surface area contributed by atoms with Gasteiger partial charge in [-0.3, -0.25) is 14.9 Å². The Bertz CT molecular complexity index is 460. The number of nitrogens with one attached hydrogen (secondary N) is 1. The number of piperidine rings is 1. The van der Waals surface area contributed by atoms with Gasteiger partial charge in [-0.15, -0.1) is 0 Å². The Hall–Kier alpha value is -1.88. The maximum absolute atomic E-state index is 11.3. The zero-order chi connectivity index (χ0) is 13.8. The highest BCUT2D eigenvalue weighted by Gasteiger charge is 2.37. The van der Waals surface area contributed by atoms with Crippen molar-refractivity contribution < 1.29 is 19.8 Å². The zero-order valence-corrected chi connectivity index (χ0v) is 10.5. The number of benzene rings is 1. The lowest BCUT2D eigenvalue weighted by Crippen LogP contribution is -2.55. The first-order valence-electron chi connectivity index (χ1n) is 6.33. The van der Waals surface area contributed by atoms with E-state index in [0.717, 1.165) is 5.56 Å². The SMILES string of the molecule is O=C(O)C1CCC(Cc2ccccc2)C(C(=O)O)N1. The lowest BCUT2D eigenvalue weighted by Gasteiger charge is -2.33. The maximum Gasteiger partial charge on any atom is 0.321 e. The molecule has 1 heterocycles. The van der Waals surface area contributed by atoms with E-state index in [1.54, 1.807) is 0 Å². The molecule has 19 heavy (non-hydrogen) atoms. The third-order valence-electron chi connectivity index (χ3n) is 3.58. The van der Waals surface area contributed by atoms with E-state index >= 15 is 0 Å². The molecule has 1 aliphatic rings. The molecule has 5 heteroatoms. The third-order valence-corrected chi connectivity index (χ3v) is 3.58. The van der Waals surface area contributed by atoms with Crippen LogP contribution in [0.15, 0.2) is 30.3 Å². The molecule has 0 spiro atoms. The van der Waals surface area contributed by atoms with Crippen molar-refractivity contribution in [3.63, 3.8) is 0 Å². The summed E-state index contributed by atoms with van der Waals surface area (Å²) in [5.41, 5.74) is 1.08. The number of carboxylic acid groups (broad SMARTS) is 2. The van der Waals surface area contributed by atoms with Gasteiger partial charge in [0.25, 0.3) is 0 Å². The summed E-state index contributed by atoms with van der Waals surface area (Å²) < 4.78 is 0. The summed E-state index contributed by atoms with van der Waals surface area (Å²) in [6, 6.07) is 8.12. The summed E-state index contributed by atoms with van der Waals surface area (Å²) >= 11 is 0. The van der Waals surface area contributed by atoms with Crippen molar-refractivity contribution in [1.82, 2.24) is 5.32 Å². The van der Waals surface area contributed by atoms with Crippen LogP contribution in [0.3, 0.4) is 0 Å². The van der Waals surface area contributed by atoms with Crippen LogP contribution in [-0.2, 0) is 16.0 Å². The molecule has 1 aromatic carbocycles. The van der Waals surface area contributed by atoms with Crippen molar-refractivity contribution in [1.29, 1.82) is 0 Å². The van der Waals surface area contributed by atoms with Crippen LogP contribution in [0, 0.1) is 5.92 Å². The Morgan fingerprint density at radius 2 is 1.79 bits per heavy atom. The van der Waals surface area contributed by atoms with Crippen molar-refractivity contribution in [2.45, 2.75) is 31.3 Å². The van der Waals surface area contributed by atoms with Crippen LogP contribution in [0.25, 0.3) is 0 Å². The Morgan fingerprint density at radius 3 is 2.37 bits per heavy atom. The van der Waals surface area contributed by atoms with Crippen LogP contribution in [-0.4, -0.2) is 34.2 Å². The van der Waals surface area contributed by atoms with Crippen molar-refractivity contribution >= 4 is 11.9 Å². The molecule has 0 aromatic heterocycles. The van der Waals surface area contributed by atoms with Gasteiger partial charge in [0.15, 0.2) is 0 Å². The Morgan fingerprint density at radius 1 is 1.11 bits per heavy atom. The van der Waals surface area contributed by atoms with E-state index in [4.69, 9.17) is 5.11 Å². The van der Waals surface area contributed by atoms with E-state index in [0.29, 0.717) is 19.3 Å². The van der Waals surface area contributed by atoms with Crippen LogP contribution < -0.4 is 5.32 Å². The fraction of sp³-hybridized carbons (Fsp3) is 0.429. The minimum Gasteiger partial charge on any atom is -0.480 e. The summed E-state index contributed by atoms with van der Waals surface area (Å²) in [5, 5.41) is 20.9. The average Bonchev–Trinajstić information content (AvgIpc) is 2.39. The summed E-state index contributed by atoms with van der Waals surface area (Å²) in [5.74, 6) is -2.04. The predicted molar refractivity (Wildman–Crippen MR) is 68.9 cm³/mol. The molecule has 0 bridgehead atoms. The Balaban J connectivity index is 2.07. The van der Waals surface area contributed by atoms with Crippen LogP contribution >= 0.6 is 0 Å². The van der Waals surface area contributed by atoms with Crippen LogP contribution in [0.1, 0.15) is 18.4 Å². The van der Waals surface area contributed by atoms with Gasteiger partial charge in [0.2, 0.25) is 0 Å². The van der Waals surface area contributed by atoms with Crippen LogP contribution in [0.2, 0.25) is 0 Å². The number of rotatable bonds is 4. The van der Waals surface area contributed by atoms with Crippen LogP contribution in [0.5, 0.6) is 0 Å². The molecule has 0 amide bonds. The van der Waals surface area contributed by atoms with E-state index < -0.39 is 24.0 Å². The molecule has 3 unspecified atom stereocenters. The molecule has 0 aliphatic carbocycles. The first kappa shape index (κ1) is 13.5. The van der Waals surface area contributed by atoms with E-state index in [1.807, 2.05) is 30.3 Å². The minimum absolute atomic E-state index is 0.0736. The summed E-state index contributed by atoms with van der Waals surface area (Å²) in [6.45, 7) is 0. The molecule has 102 valence electrons. The zero-order valence-electron chi connectivity index (χ0n) is 10.5. The molecule has 1 aliphatic heterocycles. The van der Waals surface area contributed by atoms with Gasteiger partial charge in [0.05, 0.1) is 0 Å². The van der Waals surface area contributed by atoms with Gasteiger partial charge in [0.1, 0.15) is 12.1 Å². The quantitative estimate of drug-likeness (QED) is 0.758. The highest BCUT2D eigenvalue weighted by Crippen LogP contribution is 2.24. The average molecular weight is 263 g/mol. The first-order valence-corrected chi connectivity index (χ1v) is 6.33. The molecule has 0 radical (unpaired) electrons. The molecular weight excluding hydrogens is 246 g/mol. The minimum atomic E-state index is -0.982. The van der Waals surface area contributed by atoms with E-state index in [1.165, 1.54) is 0 Å². The molecule has 1 saturated heterocycles. The van der Waals surface area contributed by atoms with Gasteiger partial charge in [0, 0.05) is 0 Å². The monoisotopic (exact) mass is 263 g/mol. The lowest BCUT2D eigenvalue weighted by atomic mass is 9.83. The lowest BCUT2D eigenvalue weighted by molar-refractivity contribution is -0.145. The van der Waals surface area contributed by atoms with E-state index in [-0.39, 0.29) is 5.92 Å². The van der Waals surface area contributed by atoms with Gasteiger partial charge >= 0.3 is 11.9 Å². The summed E-state index contributed by atoms with van der Waals surface area (Å²) in [6.07, 6.45) is 1.73. The van der Waals surface area contributed by atoms with Gasteiger partial charge in [-0.1, -0.05) is 30.3 Å². The topological polar surface area (TPSA) is 86.6 Å². The molecule has 1 aromatic rings. The van der Waals surface area contributed by atoms with Crippen molar-refractivity contribution in [3.8, 4) is 0 Å².